The highest BCUT2D eigenvalue weighted by Crippen LogP contribution is 2.28. The number of carboxylic acids is 1. The first-order valence-corrected chi connectivity index (χ1v) is 4.01. The molecule has 1 rings (SSSR count). The SMILES string of the molecule is COc1c(C#N)cc([N+](=O)[O-])cc1C(=O)O. The lowest BCUT2D eigenvalue weighted by Gasteiger charge is -2.06. The molecule has 0 spiro atoms. The summed E-state index contributed by atoms with van der Waals surface area (Å²) in [5, 5.41) is 28.0. The molecule has 0 unspecified atom stereocenters. The van der Waals surface area contributed by atoms with Gasteiger partial charge in [0.25, 0.3) is 5.69 Å². The van der Waals surface area contributed by atoms with Crippen LogP contribution in [0.4, 0.5) is 5.69 Å². The van der Waals surface area contributed by atoms with E-state index in [0.29, 0.717) is 0 Å². The average Bonchev–Trinajstić information content (AvgIpc) is 2.26. The van der Waals surface area contributed by atoms with Gasteiger partial charge in [-0.2, -0.15) is 5.26 Å². The number of methoxy groups -OCH3 is 1. The number of carboxylic acid groups (broad SMARTS) is 1. The molecule has 1 aromatic carbocycles. The fourth-order valence-electron chi connectivity index (χ4n) is 1.18. The van der Waals surface area contributed by atoms with Crippen molar-refractivity contribution in [2.45, 2.75) is 0 Å². The third-order valence-electron chi connectivity index (χ3n) is 1.84. The van der Waals surface area contributed by atoms with E-state index in [-0.39, 0.29) is 11.3 Å². The molecule has 0 fully saturated rings. The van der Waals surface area contributed by atoms with Crippen LogP contribution < -0.4 is 4.74 Å². The summed E-state index contributed by atoms with van der Waals surface area (Å²) >= 11 is 0. The number of ether oxygens (including phenoxy) is 1. The van der Waals surface area contributed by atoms with Crippen LogP contribution in [0.1, 0.15) is 15.9 Å². The maximum atomic E-state index is 10.8. The molecule has 0 heterocycles. The maximum absolute atomic E-state index is 10.8. The van der Waals surface area contributed by atoms with E-state index in [0.717, 1.165) is 12.1 Å². The lowest BCUT2D eigenvalue weighted by molar-refractivity contribution is -0.384. The lowest BCUT2D eigenvalue weighted by atomic mass is 10.1. The quantitative estimate of drug-likeness (QED) is 0.606. The molecule has 0 aliphatic rings. The van der Waals surface area contributed by atoms with Crippen LogP contribution in [-0.4, -0.2) is 23.1 Å². The minimum atomic E-state index is -1.39. The normalized spacial score (nSPS) is 9.25. The van der Waals surface area contributed by atoms with Gasteiger partial charge in [0.1, 0.15) is 17.2 Å². The molecule has 16 heavy (non-hydrogen) atoms. The highest BCUT2D eigenvalue weighted by Gasteiger charge is 2.21. The average molecular weight is 222 g/mol. The molecule has 0 amide bonds. The van der Waals surface area contributed by atoms with Gasteiger partial charge in [0, 0.05) is 12.1 Å². The van der Waals surface area contributed by atoms with E-state index >= 15 is 0 Å². The van der Waals surface area contributed by atoms with Gasteiger partial charge in [-0.1, -0.05) is 0 Å². The summed E-state index contributed by atoms with van der Waals surface area (Å²) in [6.07, 6.45) is 0. The van der Waals surface area contributed by atoms with Crippen molar-refractivity contribution in [3.8, 4) is 11.8 Å². The molecule has 0 saturated carbocycles. The van der Waals surface area contributed by atoms with Crippen LogP contribution in [0, 0.1) is 21.4 Å². The summed E-state index contributed by atoms with van der Waals surface area (Å²) in [5.41, 5.74) is -1.06. The number of hydrogen-bond donors (Lipinski definition) is 1. The van der Waals surface area contributed by atoms with Crippen LogP contribution in [0.15, 0.2) is 12.1 Å². The monoisotopic (exact) mass is 222 g/mol. The number of hydrogen-bond acceptors (Lipinski definition) is 5. The maximum Gasteiger partial charge on any atom is 0.339 e. The molecule has 82 valence electrons. The summed E-state index contributed by atoms with van der Waals surface area (Å²) in [4.78, 5) is 20.5. The van der Waals surface area contributed by atoms with Crippen LogP contribution in [0.25, 0.3) is 0 Å². The summed E-state index contributed by atoms with van der Waals surface area (Å²) in [6, 6.07) is 3.46. The number of non-ortho nitro benzene ring substituents is 1. The Labute approximate surface area is 89.6 Å². The minimum absolute atomic E-state index is 0.180. The highest BCUT2D eigenvalue weighted by atomic mass is 16.6. The van der Waals surface area contributed by atoms with E-state index in [1.165, 1.54) is 7.11 Å². The van der Waals surface area contributed by atoms with Gasteiger partial charge in [-0.15, -0.1) is 0 Å². The first-order chi connectivity index (χ1) is 7.51. The summed E-state index contributed by atoms with van der Waals surface area (Å²) < 4.78 is 4.74. The lowest BCUT2D eigenvalue weighted by Crippen LogP contribution is -2.04. The molecule has 0 saturated heterocycles. The summed E-state index contributed by atoms with van der Waals surface area (Å²) in [7, 11) is 1.19. The molecule has 0 radical (unpaired) electrons. The predicted molar refractivity (Wildman–Crippen MR) is 51.3 cm³/mol. The van der Waals surface area contributed by atoms with Gasteiger partial charge in [0.2, 0.25) is 0 Å². The Morgan fingerprint density at radius 1 is 1.62 bits per heavy atom. The van der Waals surface area contributed by atoms with Gasteiger partial charge in [0.15, 0.2) is 5.75 Å². The number of nitriles is 1. The van der Waals surface area contributed by atoms with Crippen molar-refractivity contribution in [3.63, 3.8) is 0 Å². The van der Waals surface area contributed by atoms with Crippen LogP contribution in [0.5, 0.6) is 5.75 Å². The Kier molecular flexibility index (Phi) is 3.06. The number of nitrogens with zero attached hydrogens (tertiary/aromatic N) is 2. The first kappa shape index (κ1) is 11.5. The van der Waals surface area contributed by atoms with Crippen LogP contribution >= 0.6 is 0 Å². The molecule has 0 aliphatic carbocycles. The number of rotatable bonds is 3. The zero-order chi connectivity index (χ0) is 12.3. The molecule has 7 nitrogen and oxygen atoms in total. The van der Waals surface area contributed by atoms with E-state index in [2.05, 4.69) is 0 Å². The predicted octanol–water partition coefficient (Wildman–Crippen LogP) is 1.17. The third-order valence-corrected chi connectivity index (χ3v) is 1.84. The van der Waals surface area contributed by atoms with Crippen molar-refractivity contribution in [1.82, 2.24) is 0 Å². The number of aromatic carboxylic acids is 1. The van der Waals surface area contributed by atoms with E-state index in [4.69, 9.17) is 15.1 Å². The number of nitro groups is 1. The largest absolute Gasteiger partial charge is 0.494 e. The second-order valence-corrected chi connectivity index (χ2v) is 2.75. The molecule has 1 N–H and O–H groups in total. The highest BCUT2D eigenvalue weighted by molar-refractivity contribution is 5.92. The van der Waals surface area contributed by atoms with Crippen molar-refractivity contribution in [2.24, 2.45) is 0 Å². The first-order valence-electron chi connectivity index (χ1n) is 4.01. The smallest absolute Gasteiger partial charge is 0.339 e. The van der Waals surface area contributed by atoms with Crippen molar-refractivity contribution in [3.05, 3.63) is 33.4 Å². The zero-order valence-corrected chi connectivity index (χ0v) is 8.13. The standard InChI is InChI=1S/C9H6N2O5/c1-16-8-5(4-10)2-6(11(14)15)3-7(8)9(12)13/h2-3H,1H3,(H,12,13). The van der Waals surface area contributed by atoms with Gasteiger partial charge in [-0.05, 0) is 0 Å². The molecule has 0 atom stereocenters. The second-order valence-electron chi connectivity index (χ2n) is 2.75. The van der Waals surface area contributed by atoms with E-state index in [1.54, 1.807) is 6.07 Å². The van der Waals surface area contributed by atoms with Crippen molar-refractivity contribution < 1.29 is 19.6 Å². The Hall–Kier alpha value is -2.62. The van der Waals surface area contributed by atoms with Gasteiger partial charge in [-0.3, -0.25) is 10.1 Å². The molecule has 0 bridgehead atoms. The van der Waals surface area contributed by atoms with Crippen molar-refractivity contribution >= 4 is 11.7 Å². The van der Waals surface area contributed by atoms with Crippen LogP contribution in [0.3, 0.4) is 0 Å². The van der Waals surface area contributed by atoms with E-state index in [9.17, 15) is 14.9 Å². The topological polar surface area (TPSA) is 113 Å². The Morgan fingerprint density at radius 2 is 2.25 bits per heavy atom. The number of carbonyl (C=O) groups is 1. The van der Waals surface area contributed by atoms with Gasteiger partial charge in [-0.25, -0.2) is 4.79 Å². The Bertz CT molecular complexity index is 503. The third kappa shape index (κ3) is 1.90. The molecule has 7 heteroatoms. The molecule has 1 aromatic rings. The number of nitro benzene ring substituents is 1. The fraction of sp³-hybridized carbons (Fsp3) is 0.111. The van der Waals surface area contributed by atoms with Crippen LogP contribution in [-0.2, 0) is 0 Å². The fourth-order valence-corrected chi connectivity index (χ4v) is 1.18. The van der Waals surface area contributed by atoms with Gasteiger partial charge < -0.3 is 9.84 Å². The summed E-state index contributed by atoms with van der Waals surface area (Å²) in [6.45, 7) is 0. The van der Waals surface area contributed by atoms with Crippen LogP contribution in [0.2, 0.25) is 0 Å². The minimum Gasteiger partial charge on any atom is -0.494 e. The molecule has 0 aromatic heterocycles. The Balaban J connectivity index is 3.57. The molecule has 0 aliphatic heterocycles. The Morgan fingerprint density at radius 3 is 2.62 bits per heavy atom. The van der Waals surface area contributed by atoms with Crippen molar-refractivity contribution in [1.29, 1.82) is 5.26 Å². The van der Waals surface area contributed by atoms with Gasteiger partial charge in [0.05, 0.1) is 12.0 Å². The van der Waals surface area contributed by atoms with E-state index < -0.39 is 22.1 Å². The van der Waals surface area contributed by atoms with Gasteiger partial charge >= 0.3 is 5.97 Å². The van der Waals surface area contributed by atoms with E-state index in [1.807, 2.05) is 0 Å². The second kappa shape index (κ2) is 4.27. The zero-order valence-electron chi connectivity index (χ0n) is 8.13. The molecular weight excluding hydrogens is 216 g/mol. The molecular formula is C9H6N2O5. The van der Waals surface area contributed by atoms with Crippen molar-refractivity contribution in [2.75, 3.05) is 7.11 Å². The number of benzene rings is 1. The summed E-state index contributed by atoms with van der Waals surface area (Å²) in [5.74, 6) is -1.57.